The van der Waals surface area contributed by atoms with E-state index in [0.717, 1.165) is 25.9 Å². The Hall–Kier alpha value is -1.69. The first-order chi connectivity index (χ1) is 9.11. The number of nitro groups is 1. The second-order valence-electron chi connectivity index (χ2n) is 5.46. The average Bonchev–Trinajstić information content (AvgIpc) is 3.00. The summed E-state index contributed by atoms with van der Waals surface area (Å²) < 4.78 is 14.0. The molecular weight excluding hydrogens is 249 g/mol. The Morgan fingerprint density at radius 1 is 1.42 bits per heavy atom. The van der Waals surface area contributed by atoms with Crippen molar-refractivity contribution in [1.82, 2.24) is 5.32 Å². The standard InChI is InChI=1S/C13H16FN3O2/c14-10-2-1-3-11(17(18)19)12(10)16-7-5-13(9-16)4-6-15-8-13/h1-3,15H,4-9H2. The third kappa shape index (κ3) is 2.06. The lowest BCUT2D eigenvalue weighted by Crippen LogP contribution is -2.29. The van der Waals surface area contributed by atoms with Crippen molar-refractivity contribution in [3.05, 3.63) is 34.1 Å². The summed E-state index contributed by atoms with van der Waals surface area (Å²) in [6.45, 7) is 3.28. The Kier molecular flexibility index (Phi) is 2.89. The van der Waals surface area contributed by atoms with Crippen LogP contribution in [0.2, 0.25) is 0 Å². The third-order valence-electron chi connectivity index (χ3n) is 4.25. The van der Waals surface area contributed by atoms with E-state index in [1.165, 1.54) is 18.2 Å². The molecule has 1 aromatic rings. The number of nitro benzene ring substituents is 1. The molecule has 1 aromatic carbocycles. The molecule has 6 heteroatoms. The first kappa shape index (κ1) is 12.3. The number of rotatable bonds is 2. The van der Waals surface area contributed by atoms with Crippen molar-refractivity contribution in [3.8, 4) is 0 Å². The lowest BCUT2D eigenvalue weighted by Gasteiger charge is -2.24. The molecule has 0 amide bonds. The Balaban J connectivity index is 1.93. The molecular formula is C13H16FN3O2. The molecule has 1 unspecified atom stereocenters. The van der Waals surface area contributed by atoms with Crippen LogP contribution in [0.25, 0.3) is 0 Å². The van der Waals surface area contributed by atoms with E-state index in [9.17, 15) is 14.5 Å². The van der Waals surface area contributed by atoms with Gasteiger partial charge in [0.15, 0.2) is 11.5 Å². The monoisotopic (exact) mass is 265 g/mol. The molecule has 1 N–H and O–H groups in total. The van der Waals surface area contributed by atoms with Crippen molar-refractivity contribution < 1.29 is 9.31 Å². The summed E-state index contributed by atoms with van der Waals surface area (Å²) in [5, 5.41) is 14.4. The summed E-state index contributed by atoms with van der Waals surface area (Å²) in [5.41, 5.74) is 0.176. The fourth-order valence-corrected chi connectivity index (χ4v) is 3.23. The number of anilines is 1. The minimum absolute atomic E-state index is 0.136. The van der Waals surface area contributed by atoms with Crippen LogP contribution in [0.3, 0.4) is 0 Å². The minimum atomic E-state index is -0.504. The van der Waals surface area contributed by atoms with E-state index in [1.807, 2.05) is 4.90 Å². The van der Waals surface area contributed by atoms with E-state index in [4.69, 9.17) is 0 Å². The summed E-state index contributed by atoms with van der Waals surface area (Å²) in [5.74, 6) is -0.503. The van der Waals surface area contributed by atoms with Gasteiger partial charge in [0, 0.05) is 31.1 Å². The van der Waals surface area contributed by atoms with Crippen molar-refractivity contribution in [1.29, 1.82) is 0 Å². The first-order valence-electron chi connectivity index (χ1n) is 6.50. The van der Waals surface area contributed by atoms with Gasteiger partial charge in [-0.15, -0.1) is 0 Å². The van der Waals surface area contributed by atoms with Crippen molar-refractivity contribution in [3.63, 3.8) is 0 Å². The molecule has 1 atom stereocenters. The molecule has 2 heterocycles. The van der Waals surface area contributed by atoms with Crippen LogP contribution in [-0.4, -0.2) is 31.1 Å². The number of halogens is 1. The summed E-state index contributed by atoms with van der Waals surface area (Å²) in [7, 11) is 0. The van der Waals surface area contributed by atoms with Crippen LogP contribution in [-0.2, 0) is 0 Å². The fraction of sp³-hybridized carbons (Fsp3) is 0.538. The average molecular weight is 265 g/mol. The number of nitrogens with zero attached hydrogens (tertiary/aromatic N) is 2. The maximum Gasteiger partial charge on any atom is 0.295 e. The molecule has 0 radical (unpaired) electrons. The minimum Gasteiger partial charge on any atom is -0.363 e. The predicted octanol–water partition coefficient (Wildman–Crippen LogP) is 1.92. The largest absolute Gasteiger partial charge is 0.363 e. The van der Waals surface area contributed by atoms with Gasteiger partial charge in [-0.25, -0.2) is 4.39 Å². The fourth-order valence-electron chi connectivity index (χ4n) is 3.23. The van der Waals surface area contributed by atoms with Crippen LogP contribution in [0.1, 0.15) is 12.8 Å². The molecule has 2 saturated heterocycles. The quantitative estimate of drug-likeness (QED) is 0.655. The zero-order chi connectivity index (χ0) is 13.5. The van der Waals surface area contributed by atoms with Crippen LogP contribution in [0.15, 0.2) is 18.2 Å². The topological polar surface area (TPSA) is 58.4 Å². The SMILES string of the molecule is O=[N+]([O-])c1cccc(F)c1N1CCC2(CCNC2)C1. The van der Waals surface area contributed by atoms with E-state index < -0.39 is 10.7 Å². The third-order valence-corrected chi connectivity index (χ3v) is 4.25. The molecule has 2 aliphatic heterocycles. The Labute approximate surface area is 110 Å². The van der Waals surface area contributed by atoms with Gasteiger partial charge in [0.25, 0.3) is 5.69 Å². The van der Waals surface area contributed by atoms with E-state index in [0.29, 0.717) is 13.1 Å². The van der Waals surface area contributed by atoms with Gasteiger partial charge in [0.05, 0.1) is 4.92 Å². The lowest BCUT2D eigenvalue weighted by molar-refractivity contribution is -0.384. The van der Waals surface area contributed by atoms with Gasteiger partial charge < -0.3 is 10.2 Å². The van der Waals surface area contributed by atoms with Crippen molar-refractivity contribution in [2.45, 2.75) is 12.8 Å². The van der Waals surface area contributed by atoms with Crippen molar-refractivity contribution in [2.24, 2.45) is 5.41 Å². The highest BCUT2D eigenvalue weighted by molar-refractivity contribution is 5.64. The van der Waals surface area contributed by atoms with Gasteiger partial charge in [-0.1, -0.05) is 6.07 Å². The predicted molar refractivity (Wildman–Crippen MR) is 69.8 cm³/mol. The molecule has 2 fully saturated rings. The van der Waals surface area contributed by atoms with Gasteiger partial charge in [0.1, 0.15) is 0 Å². The van der Waals surface area contributed by atoms with E-state index in [2.05, 4.69) is 5.32 Å². The van der Waals surface area contributed by atoms with E-state index >= 15 is 0 Å². The molecule has 3 rings (SSSR count). The number of para-hydroxylation sites is 1. The summed E-state index contributed by atoms with van der Waals surface area (Å²) >= 11 is 0. The number of nitrogens with one attached hydrogen (secondary N) is 1. The van der Waals surface area contributed by atoms with E-state index in [-0.39, 0.29) is 16.8 Å². The second-order valence-corrected chi connectivity index (χ2v) is 5.46. The second kappa shape index (κ2) is 4.45. The zero-order valence-electron chi connectivity index (χ0n) is 10.6. The van der Waals surface area contributed by atoms with Crippen LogP contribution in [0.5, 0.6) is 0 Å². The van der Waals surface area contributed by atoms with Crippen LogP contribution < -0.4 is 10.2 Å². The maximum absolute atomic E-state index is 14.0. The zero-order valence-corrected chi connectivity index (χ0v) is 10.6. The molecule has 0 aliphatic carbocycles. The highest BCUT2D eigenvalue weighted by Crippen LogP contribution is 2.41. The van der Waals surface area contributed by atoms with Gasteiger partial charge in [-0.05, 0) is 25.5 Å². The first-order valence-corrected chi connectivity index (χ1v) is 6.50. The highest BCUT2D eigenvalue weighted by Gasteiger charge is 2.42. The van der Waals surface area contributed by atoms with Gasteiger partial charge >= 0.3 is 0 Å². The maximum atomic E-state index is 14.0. The Bertz CT molecular complexity index is 515. The summed E-state index contributed by atoms with van der Waals surface area (Å²) in [4.78, 5) is 12.4. The molecule has 19 heavy (non-hydrogen) atoms. The molecule has 0 bridgehead atoms. The van der Waals surface area contributed by atoms with Crippen molar-refractivity contribution in [2.75, 3.05) is 31.1 Å². The van der Waals surface area contributed by atoms with Crippen LogP contribution in [0.4, 0.5) is 15.8 Å². The number of benzene rings is 1. The number of hydrogen-bond acceptors (Lipinski definition) is 4. The molecule has 102 valence electrons. The van der Waals surface area contributed by atoms with Crippen LogP contribution >= 0.6 is 0 Å². The molecule has 1 spiro atoms. The normalized spacial score (nSPS) is 26.3. The van der Waals surface area contributed by atoms with Gasteiger partial charge in [0.2, 0.25) is 0 Å². The molecule has 0 saturated carbocycles. The Morgan fingerprint density at radius 2 is 2.26 bits per heavy atom. The molecule has 5 nitrogen and oxygen atoms in total. The highest BCUT2D eigenvalue weighted by atomic mass is 19.1. The smallest absolute Gasteiger partial charge is 0.295 e. The van der Waals surface area contributed by atoms with Crippen molar-refractivity contribution >= 4 is 11.4 Å². The van der Waals surface area contributed by atoms with Gasteiger partial charge in [-0.2, -0.15) is 0 Å². The number of hydrogen-bond donors (Lipinski definition) is 1. The summed E-state index contributed by atoms with van der Waals surface area (Å²) in [6, 6.07) is 4.05. The van der Waals surface area contributed by atoms with Crippen LogP contribution in [0, 0.1) is 21.3 Å². The lowest BCUT2D eigenvalue weighted by atomic mass is 9.86. The summed E-state index contributed by atoms with van der Waals surface area (Å²) in [6.07, 6.45) is 2.03. The Morgan fingerprint density at radius 3 is 2.95 bits per heavy atom. The van der Waals surface area contributed by atoms with Gasteiger partial charge in [-0.3, -0.25) is 10.1 Å². The molecule has 0 aromatic heterocycles. The molecule has 2 aliphatic rings. The van der Waals surface area contributed by atoms with E-state index in [1.54, 1.807) is 0 Å².